The summed E-state index contributed by atoms with van der Waals surface area (Å²) in [6, 6.07) is 15.1. The fraction of sp³-hybridized carbons (Fsp3) is 0.235. The number of carbonyl (C=O) groups is 1. The third-order valence-corrected chi connectivity index (χ3v) is 3.27. The molecule has 0 fully saturated rings. The van der Waals surface area contributed by atoms with Gasteiger partial charge in [-0.3, -0.25) is 4.79 Å². The van der Waals surface area contributed by atoms with Gasteiger partial charge in [0.05, 0.1) is 17.3 Å². The lowest BCUT2D eigenvalue weighted by molar-refractivity contribution is -0.116. The molecule has 0 radical (unpaired) electrons. The van der Waals surface area contributed by atoms with E-state index in [1.807, 2.05) is 55.5 Å². The highest BCUT2D eigenvalue weighted by Crippen LogP contribution is 2.22. The summed E-state index contributed by atoms with van der Waals surface area (Å²) in [5.74, 6) is 0.761. The average Bonchev–Trinajstić information content (AvgIpc) is 2.48. The van der Waals surface area contributed by atoms with Crippen molar-refractivity contribution in [3.8, 4) is 5.75 Å². The van der Waals surface area contributed by atoms with Gasteiger partial charge in [0.25, 0.3) is 0 Å². The van der Waals surface area contributed by atoms with Crippen molar-refractivity contribution in [2.45, 2.75) is 19.8 Å². The maximum Gasteiger partial charge on any atom is 0.224 e. The predicted molar refractivity (Wildman–Crippen MR) is 86.0 cm³/mol. The van der Waals surface area contributed by atoms with E-state index in [4.69, 9.17) is 16.3 Å². The number of halogens is 1. The zero-order valence-electron chi connectivity index (χ0n) is 11.9. The molecule has 0 aromatic heterocycles. The maximum atomic E-state index is 11.8. The summed E-state index contributed by atoms with van der Waals surface area (Å²) in [5, 5.41) is 3.37. The molecule has 2 aromatic carbocycles. The van der Waals surface area contributed by atoms with Crippen LogP contribution in [0.3, 0.4) is 0 Å². The number of para-hydroxylation sites is 1. The zero-order chi connectivity index (χ0) is 15.1. The van der Waals surface area contributed by atoms with Gasteiger partial charge in [-0.2, -0.15) is 0 Å². The predicted octanol–water partition coefficient (Wildman–Crippen LogP) is 4.45. The highest BCUT2D eigenvalue weighted by molar-refractivity contribution is 6.33. The molecule has 0 aliphatic heterocycles. The van der Waals surface area contributed by atoms with Crippen LogP contribution in [0.25, 0.3) is 0 Å². The largest absolute Gasteiger partial charge is 0.494 e. The molecule has 0 spiro atoms. The fourth-order valence-electron chi connectivity index (χ4n) is 1.87. The molecular weight excluding hydrogens is 286 g/mol. The molecule has 1 amide bonds. The molecule has 2 rings (SSSR count). The van der Waals surface area contributed by atoms with Crippen LogP contribution in [0.5, 0.6) is 5.75 Å². The van der Waals surface area contributed by atoms with Crippen LogP contribution in [0.4, 0.5) is 5.69 Å². The number of hydrogen-bond donors (Lipinski definition) is 1. The number of anilines is 1. The van der Waals surface area contributed by atoms with Gasteiger partial charge < -0.3 is 10.1 Å². The smallest absolute Gasteiger partial charge is 0.224 e. The fourth-order valence-corrected chi connectivity index (χ4v) is 2.16. The Hall–Kier alpha value is -2.00. The average molecular weight is 304 g/mol. The number of aryl methyl sites for hydroxylation is 1. The van der Waals surface area contributed by atoms with Crippen LogP contribution in [-0.2, 0) is 4.79 Å². The zero-order valence-corrected chi connectivity index (χ0v) is 12.7. The van der Waals surface area contributed by atoms with Crippen molar-refractivity contribution in [3.05, 3.63) is 59.1 Å². The molecule has 4 heteroatoms. The number of carbonyl (C=O) groups excluding carboxylic acids is 1. The van der Waals surface area contributed by atoms with E-state index in [2.05, 4.69) is 5.32 Å². The van der Waals surface area contributed by atoms with Crippen molar-refractivity contribution in [2.75, 3.05) is 11.9 Å². The molecule has 0 atom stereocenters. The number of rotatable bonds is 6. The molecule has 0 aliphatic carbocycles. The minimum absolute atomic E-state index is 0.0579. The summed E-state index contributed by atoms with van der Waals surface area (Å²) in [4.78, 5) is 11.8. The molecule has 0 saturated heterocycles. The number of nitrogens with one attached hydrogen (secondary N) is 1. The minimum atomic E-state index is -0.0579. The summed E-state index contributed by atoms with van der Waals surface area (Å²) in [6.45, 7) is 2.47. The first-order valence-corrected chi connectivity index (χ1v) is 7.27. The molecule has 0 bridgehead atoms. The SMILES string of the molecule is Cc1ccc(NC(=O)CCCOc2ccccc2)c(Cl)c1. The summed E-state index contributed by atoms with van der Waals surface area (Å²) in [7, 11) is 0. The van der Waals surface area contributed by atoms with Crippen LogP contribution in [0, 0.1) is 6.92 Å². The Labute approximate surface area is 129 Å². The Balaban J connectivity index is 1.72. The lowest BCUT2D eigenvalue weighted by Gasteiger charge is -2.08. The Kier molecular flexibility index (Phi) is 5.64. The molecule has 0 saturated carbocycles. The second kappa shape index (κ2) is 7.70. The second-order valence-electron chi connectivity index (χ2n) is 4.80. The number of hydrogen-bond acceptors (Lipinski definition) is 2. The first-order valence-electron chi connectivity index (χ1n) is 6.89. The van der Waals surface area contributed by atoms with E-state index in [0.717, 1.165) is 11.3 Å². The van der Waals surface area contributed by atoms with Crippen molar-refractivity contribution in [1.82, 2.24) is 0 Å². The Morgan fingerprint density at radius 3 is 2.67 bits per heavy atom. The van der Waals surface area contributed by atoms with Crippen LogP contribution in [0.15, 0.2) is 48.5 Å². The lowest BCUT2D eigenvalue weighted by atomic mass is 10.2. The van der Waals surface area contributed by atoms with Crippen LogP contribution < -0.4 is 10.1 Å². The van der Waals surface area contributed by atoms with E-state index in [1.54, 1.807) is 0 Å². The van der Waals surface area contributed by atoms with Crippen molar-refractivity contribution in [3.63, 3.8) is 0 Å². The Morgan fingerprint density at radius 2 is 1.95 bits per heavy atom. The van der Waals surface area contributed by atoms with Crippen LogP contribution in [-0.4, -0.2) is 12.5 Å². The van der Waals surface area contributed by atoms with E-state index >= 15 is 0 Å². The summed E-state index contributed by atoms with van der Waals surface area (Å²) in [6.07, 6.45) is 1.06. The molecular formula is C17H18ClNO2. The maximum absolute atomic E-state index is 11.8. The van der Waals surface area contributed by atoms with Crippen molar-refractivity contribution < 1.29 is 9.53 Å². The lowest BCUT2D eigenvalue weighted by Crippen LogP contribution is -2.13. The monoisotopic (exact) mass is 303 g/mol. The Bertz CT molecular complexity index is 599. The van der Waals surface area contributed by atoms with E-state index in [-0.39, 0.29) is 5.91 Å². The van der Waals surface area contributed by atoms with E-state index in [0.29, 0.717) is 30.2 Å². The molecule has 0 heterocycles. The second-order valence-corrected chi connectivity index (χ2v) is 5.20. The van der Waals surface area contributed by atoms with Crippen molar-refractivity contribution >= 4 is 23.2 Å². The van der Waals surface area contributed by atoms with Crippen molar-refractivity contribution in [1.29, 1.82) is 0 Å². The third-order valence-electron chi connectivity index (χ3n) is 2.96. The molecule has 0 aliphatic rings. The summed E-state index contributed by atoms with van der Waals surface area (Å²) < 4.78 is 5.54. The molecule has 0 unspecified atom stereocenters. The molecule has 1 N–H and O–H groups in total. The quantitative estimate of drug-likeness (QED) is 0.801. The van der Waals surface area contributed by atoms with Gasteiger partial charge in [-0.25, -0.2) is 0 Å². The van der Waals surface area contributed by atoms with Gasteiger partial charge in [0, 0.05) is 6.42 Å². The van der Waals surface area contributed by atoms with Crippen LogP contribution in [0.2, 0.25) is 5.02 Å². The van der Waals surface area contributed by atoms with Gasteiger partial charge in [0.2, 0.25) is 5.91 Å². The normalized spacial score (nSPS) is 10.2. The van der Waals surface area contributed by atoms with E-state index in [1.165, 1.54) is 0 Å². The van der Waals surface area contributed by atoms with Gasteiger partial charge in [-0.1, -0.05) is 35.9 Å². The third kappa shape index (κ3) is 5.12. The first-order chi connectivity index (χ1) is 10.1. The van der Waals surface area contributed by atoms with Gasteiger partial charge >= 0.3 is 0 Å². The Morgan fingerprint density at radius 1 is 1.19 bits per heavy atom. The van der Waals surface area contributed by atoms with Crippen LogP contribution >= 0.6 is 11.6 Å². The number of benzene rings is 2. The van der Waals surface area contributed by atoms with Gasteiger partial charge in [0.15, 0.2) is 0 Å². The standard InChI is InChI=1S/C17H18ClNO2/c1-13-9-10-16(15(18)12-13)19-17(20)8-5-11-21-14-6-3-2-4-7-14/h2-4,6-7,9-10,12H,5,8,11H2,1H3,(H,19,20). The number of ether oxygens (including phenoxy) is 1. The van der Waals surface area contributed by atoms with Gasteiger partial charge in [-0.15, -0.1) is 0 Å². The van der Waals surface area contributed by atoms with Gasteiger partial charge in [-0.05, 0) is 43.2 Å². The molecule has 110 valence electrons. The molecule has 3 nitrogen and oxygen atoms in total. The minimum Gasteiger partial charge on any atom is -0.494 e. The number of amides is 1. The summed E-state index contributed by atoms with van der Waals surface area (Å²) >= 11 is 6.08. The van der Waals surface area contributed by atoms with E-state index < -0.39 is 0 Å². The summed E-state index contributed by atoms with van der Waals surface area (Å²) in [5.41, 5.74) is 1.71. The molecule has 2 aromatic rings. The van der Waals surface area contributed by atoms with Crippen molar-refractivity contribution in [2.24, 2.45) is 0 Å². The molecule has 21 heavy (non-hydrogen) atoms. The highest BCUT2D eigenvalue weighted by Gasteiger charge is 2.06. The first kappa shape index (κ1) is 15.4. The van der Waals surface area contributed by atoms with E-state index in [9.17, 15) is 4.79 Å². The van der Waals surface area contributed by atoms with Crippen LogP contribution in [0.1, 0.15) is 18.4 Å². The van der Waals surface area contributed by atoms with Gasteiger partial charge in [0.1, 0.15) is 5.75 Å². The topological polar surface area (TPSA) is 38.3 Å². The highest BCUT2D eigenvalue weighted by atomic mass is 35.5.